The number of hydrogen-bond donors (Lipinski definition) is 0. The van der Waals surface area contributed by atoms with Crippen LogP contribution >= 0.6 is 0 Å². The molecule has 0 saturated heterocycles. The van der Waals surface area contributed by atoms with Gasteiger partial charge in [-0.15, -0.1) is 0 Å². The summed E-state index contributed by atoms with van der Waals surface area (Å²) in [4.78, 5) is 16.8. The number of benzene rings is 1. The van der Waals surface area contributed by atoms with Crippen LogP contribution in [0.15, 0.2) is 36.4 Å². The molecule has 2 heteroatoms. The van der Waals surface area contributed by atoms with Crippen molar-refractivity contribution in [3.8, 4) is 0 Å². The molecule has 0 bridgehead atoms. The van der Waals surface area contributed by atoms with Crippen molar-refractivity contribution in [2.45, 2.75) is 39.0 Å². The molecule has 0 amide bonds. The monoisotopic (exact) mass is 265 g/mol. The molecule has 0 spiro atoms. The fourth-order valence-electron chi connectivity index (χ4n) is 2.78. The van der Waals surface area contributed by atoms with Crippen LogP contribution in [0.5, 0.6) is 0 Å². The van der Waals surface area contributed by atoms with E-state index < -0.39 is 0 Å². The molecule has 0 radical (unpaired) electrons. The van der Waals surface area contributed by atoms with Crippen LogP contribution in [0.25, 0.3) is 0 Å². The number of ketones is 1. The summed E-state index contributed by atoms with van der Waals surface area (Å²) in [6.45, 7) is 3.84. The molecule has 0 aliphatic heterocycles. The molecule has 3 rings (SSSR count). The van der Waals surface area contributed by atoms with Gasteiger partial charge in [-0.1, -0.05) is 30.7 Å². The summed E-state index contributed by atoms with van der Waals surface area (Å²) < 4.78 is 0. The SMILES string of the molecule is Cc1cc(C(=O)c2ccc(C3CCC3)cc2)cc(C)n1. The zero-order chi connectivity index (χ0) is 14.1. The Morgan fingerprint density at radius 1 is 1.00 bits per heavy atom. The van der Waals surface area contributed by atoms with E-state index in [0.29, 0.717) is 5.92 Å². The first kappa shape index (κ1) is 13.0. The fraction of sp³-hybridized carbons (Fsp3) is 0.333. The van der Waals surface area contributed by atoms with Crippen molar-refractivity contribution in [2.75, 3.05) is 0 Å². The van der Waals surface area contributed by atoms with Gasteiger partial charge >= 0.3 is 0 Å². The van der Waals surface area contributed by atoms with E-state index in [9.17, 15) is 4.79 Å². The van der Waals surface area contributed by atoms with Crippen molar-refractivity contribution >= 4 is 5.78 Å². The van der Waals surface area contributed by atoms with Crippen molar-refractivity contribution < 1.29 is 4.79 Å². The van der Waals surface area contributed by atoms with Crippen LogP contribution in [0.1, 0.15) is 58.1 Å². The van der Waals surface area contributed by atoms with Crippen LogP contribution in [-0.2, 0) is 0 Å². The van der Waals surface area contributed by atoms with Gasteiger partial charge in [0.05, 0.1) is 0 Å². The minimum atomic E-state index is 0.0822. The lowest BCUT2D eigenvalue weighted by molar-refractivity contribution is 0.103. The molecule has 1 aliphatic carbocycles. The second kappa shape index (κ2) is 5.20. The number of rotatable bonds is 3. The second-order valence-electron chi connectivity index (χ2n) is 5.72. The maximum absolute atomic E-state index is 12.5. The number of hydrogen-bond acceptors (Lipinski definition) is 2. The number of aromatic nitrogens is 1. The van der Waals surface area contributed by atoms with Crippen molar-refractivity contribution in [2.24, 2.45) is 0 Å². The molecule has 2 nitrogen and oxygen atoms in total. The van der Waals surface area contributed by atoms with Crippen molar-refractivity contribution in [3.63, 3.8) is 0 Å². The summed E-state index contributed by atoms with van der Waals surface area (Å²) >= 11 is 0. The van der Waals surface area contributed by atoms with Crippen LogP contribution < -0.4 is 0 Å². The van der Waals surface area contributed by atoms with Gasteiger partial charge in [-0.05, 0) is 50.3 Å². The van der Waals surface area contributed by atoms with E-state index in [1.54, 1.807) is 0 Å². The van der Waals surface area contributed by atoms with Gasteiger partial charge in [0, 0.05) is 22.5 Å². The zero-order valence-corrected chi connectivity index (χ0v) is 12.0. The van der Waals surface area contributed by atoms with E-state index in [1.165, 1.54) is 24.8 Å². The number of carbonyl (C=O) groups is 1. The third kappa shape index (κ3) is 2.51. The van der Waals surface area contributed by atoms with Gasteiger partial charge in [0.2, 0.25) is 0 Å². The van der Waals surface area contributed by atoms with E-state index in [2.05, 4.69) is 17.1 Å². The zero-order valence-electron chi connectivity index (χ0n) is 12.0. The van der Waals surface area contributed by atoms with Crippen molar-refractivity contribution in [3.05, 3.63) is 64.5 Å². The fourth-order valence-corrected chi connectivity index (χ4v) is 2.78. The molecule has 1 heterocycles. The maximum Gasteiger partial charge on any atom is 0.193 e. The van der Waals surface area contributed by atoms with Gasteiger partial charge in [-0.2, -0.15) is 0 Å². The molecule has 1 aromatic heterocycles. The summed E-state index contributed by atoms with van der Waals surface area (Å²) in [5.41, 5.74) is 4.64. The molecule has 0 N–H and O–H groups in total. The van der Waals surface area contributed by atoms with Crippen LogP contribution in [0.3, 0.4) is 0 Å². The lowest BCUT2D eigenvalue weighted by atomic mass is 9.80. The van der Waals surface area contributed by atoms with Crippen molar-refractivity contribution in [1.29, 1.82) is 0 Å². The minimum absolute atomic E-state index is 0.0822. The average Bonchev–Trinajstić information content (AvgIpc) is 2.35. The number of aryl methyl sites for hydroxylation is 2. The van der Waals surface area contributed by atoms with Gasteiger partial charge in [0.1, 0.15) is 0 Å². The molecule has 1 aliphatic rings. The maximum atomic E-state index is 12.5. The molecule has 20 heavy (non-hydrogen) atoms. The van der Waals surface area contributed by atoms with Gasteiger partial charge < -0.3 is 0 Å². The van der Waals surface area contributed by atoms with Gasteiger partial charge in [0.15, 0.2) is 5.78 Å². The molecule has 1 aromatic carbocycles. The summed E-state index contributed by atoms with van der Waals surface area (Å²) in [5, 5.41) is 0. The Balaban J connectivity index is 1.86. The quantitative estimate of drug-likeness (QED) is 0.779. The van der Waals surface area contributed by atoms with E-state index in [4.69, 9.17) is 0 Å². The number of nitrogens with zero attached hydrogens (tertiary/aromatic N) is 1. The molecular formula is C18H19NO. The van der Waals surface area contributed by atoms with Crippen LogP contribution in [0.4, 0.5) is 0 Å². The summed E-state index contributed by atoms with van der Waals surface area (Å²) in [7, 11) is 0. The Labute approximate surface area is 119 Å². The molecule has 0 atom stereocenters. The lowest BCUT2D eigenvalue weighted by Crippen LogP contribution is -2.09. The minimum Gasteiger partial charge on any atom is -0.289 e. The third-order valence-corrected chi connectivity index (χ3v) is 4.09. The summed E-state index contributed by atoms with van der Waals surface area (Å²) in [6.07, 6.45) is 3.91. The van der Waals surface area contributed by atoms with E-state index >= 15 is 0 Å². The normalized spacial score (nSPS) is 14.9. The third-order valence-electron chi connectivity index (χ3n) is 4.09. The molecular weight excluding hydrogens is 246 g/mol. The molecule has 1 saturated carbocycles. The predicted molar refractivity (Wildman–Crippen MR) is 80.2 cm³/mol. The van der Waals surface area contributed by atoms with E-state index in [1.807, 2.05) is 38.1 Å². The first-order chi connectivity index (χ1) is 9.63. The van der Waals surface area contributed by atoms with E-state index in [-0.39, 0.29) is 5.78 Å². The average molecular weight is 265 g/mol. The van der Waals surface area contributed by atoms with Crippen LogP contribution in [-0.4, -0.2) is 10.8 Å². The first-order valence-corrected chi connectivity index (χ1v) is 7.23. The largest absolute Gasteiger partial charge is 0.289 e. The van der Waals surface area contributed by atoms with E-state index in [0.717, 1.165) is 22.5 Å². The van der Waals surface area contributed by atoms with Crippen molar-refractivity contribution in [1.82, 2.24) is 4.98 Å². The first-order valence-electron chi connectivity index (χ1n) is 7.23. The van der Waals surface area contributed by atoms with Gasteiger partial charge in [-0.25, -0.2) is 0 Å². The Kier molecular flexibility index (Phi) is 3.39. The Bertz CT molecular complexity index is 619. The summed E-state index contributed by atoms with van der Waals surface area (Å²) in [5.74, 6) is 0.795. The molecule has 102 valence electrons. The smallest absolute Gasteiger partial charge is 0.193 e. The highest BCUT2D eigenvalue weighted by atomic mass is 16.1. The Morgan fingerprint density at radius 3 is 2.10 bits per heavy atom. The van der Waals surface area contributed by atoms with Gasteiger partial charge in [-0.3, -0.25) is 9.78 Å². The highest BCUT2D eigenvalue weighted by Crippen LogP contribution is 2.36. The predicted octanol–water partition coefficient (Wildman–Crippen LogP) is 4.20. The number of carbonyl (C=O) groups excluding carboxylic acids is 1. The molecule has 1 fully saturated rings. The lowest BCUT2D eigenvalue weighted by Gasteiger charge is -2.25. The second-order valence-corrected chi connectivity index (χ2v) is 5.72. The Hall–Kier alpha value is -1.96. The van der Waals surface area contributed by atoms with Crippen LogP contribution in [0.2, 0.25) is 0 Å². The molecule has 2 aromatic rings. The van der Waals surface area contributed by atoms with Crippen LogP contribution in [0, 0.1) is 13.8 Å². The Morgan fingerprint density at radius 2 is 1.60 bits per heavy atom. The number of pyridine rings is 1. The highest BCUT2D eigenvalue weighted by molar-refractivity contribution is 6.09. The highest BCUT2D eigenvalue weighted by Gasteiger charge is 2.19. The summed E-state index contributed by atoms with van der Waals surface area (Å²) in [6, 6.07) is 11.8. The molecule has 0 unspecified atom stereocenters. The topological polar surface area (TPSA) is 30.0 Å². The standard InChI is InChI=1S/C18H19NO/c1-12-10-17(11-13(2)19-12)18(20)16-8-6-15(7-9-16)14-4-3-5-14/h6-11,14H,3-5H2,1-2H3. The van der Waals surface area contributed by atoms with Gasteiger partial charge in [0.25, 0.3) is 0 Å².